The van der Waals surface area contributed by atoms with E-state index in [2.05, 4.69) is 0 Å². The minimum Gasteiger partial charge on any atom is -0.352 e. The molecule has 0 radical (unpaired) electrons. The third-order valence-electron chi connectivity index (χ3n) is 2.06. The molecule has 0 spiro atoms. The van der Waals surface area contributed by atoms with E-state index in [9.17, 15) is 4.57 Å². The van der Waals surface area contributed by atoms with E-state index in [1.807, 2.05) is 19.9 Å². The van der Waals surface area contributed by atoms with Gasteiger partial charge in [0.25, 0.3) is 0 Å². The molecule has 0 heterocycles. The molecule has 17 heavy (non-hydrogen) atoms. The molecular formula is C11H22NO4P. The molecule has 0 saturated heterocycles. The Balaban J connectivity index is 4.46. The van der Waals surface area contributed by atoms with Gasteiger partial charge in [-0.3, -0.25) is 4.57 Å². The lowest BCUT2D eigenvalue weighted by atomic mass is 10.6. The zero-order valence-corrected chi connectivity index (χ0v) is 11.7. The Morgan fingerprint density at radius 1 is 1.18 bits per heavy atom. The number of hydrogen-bond donors (Lipinski definition) is 0. The Labute approximate surface area is 103 Å². The monoisotopic (exact) mass is 263 g/mol. The van der Waals surface area contributed by atoms with Crippen LogP contribution < -0.4 is 0 Å². The van der Waals surface area contributed by atoms with Gasteiger partial charge in [-0.15, -0.1) is 0 Å². The van der Waals surface area contributed by atoms with Gasteiger partial charge < -0.3 is 14.0 Å². The van der Waals surface area contributed by atoms with Crippen molar-refractivity contribution in [1.29, 1.82) is 5.26 Å². The average Bonchev–Trinajstić information content (AvgIpc) is 2.27. The van der Waals surface area contributed by atoms with Gasteiger partial charge in [-0.1, -0.05) is 0 Å². The molecule has 0 aliphatic carbocycles. The molecule has 0 N–H and O–H groups in total. The van der Waals surface area contributed by atoms with Crippen molar-refractivity contribution in [3.63, 3.8) is 0 Å². The number of hydrogen-bond acceptors (Lipinski definition) is 5. The average molecular weight is 263 g/mol. The van der Waals surface area contributed by atoms with Crippen LogP contribution in [0.1, 0.15) is 27.2 Å². The lowest BCUT2D eigenvalue weighted by Gasteiger charge is -2.23. The van der Waals surface area contributed by atoms with E-state index in [0.29, 0.717) is 19.8 Å². The fourth-order valence-corrected chi connectivity index (χ4v) is 3.41. The minimum absolute atomic E-state index is 0.212. The van der Waals surface area contributed by atoms with E-state index >= 15 is 0 Å². The van der Waals surface area contributed by atoms with Crippen LogP contribution >= 0.6 is 7.37 Å². The van der Waals surface area contributed by atoms with Gasteiger partial charge in [0.2, 0.25) is 7.37 Å². The van der Waals surface area contributed by atoms with Crippen molar-refractivity contribution in [3.8, 4) is 6.07 Å². The predicted octanol–water partition coefficient (Wildman–Crippen LogP) is 2.61. The van der Waals surface area contributed by atoms with Crippen molar-refractivity contribution < 1.29 is 18.6 Å². The fraction of sp³-hybridized carbons (Fsp3) is 0.909. The second-order valence-electron chi connectivity index (χ2n) is 3.39. The van der Waals surface area contributed by atoms with Gasteiger partial charge in [0.1, 0.15) is 0 Å². The van der Waals surface area contributed by atoms with Gasteiger partial charge in [-0.2, -0.15) is 5.26 Å². The highest BCUT2D eigenvalue weighted by Crippen LogP contribution is 2.48. The predicted molar refractivity (Wildman–Crippen MR) is 66.2 cm³/mol. The maximum Gasteiger partial charge on any atom is 0.209 e. The SMILES string of the molecule is CCOC(CP(=O)(CCC#N)OCC)OCC. The van der Waals surface area contributed by atoms with E-state index in [0.717, 1.165) is 0 Å². The molecule has 0 aromatic rings. The van der Waals surface area contributed by atoms with E-state index in [-0.39, 0.29) is 18.7 Å². The lowest BCUT2D eigenvalue weighted by Crippen LogP contribution is -2.23. The number of ether oxygens (including phenoxy) is 2. The summed E-state index contributed by atoms with van der Waals surface area (Å²) in [5.74, 6) is 0. The summed E-state index contributed by atoms with van der Waals surface area (Å²) < 4.78 is 28.4. The Bertz CT molecular complexity index is 271. The van der Waals surface area contributed by atoms with Crippen LogP contribution in [0.15, 0.2) is 0 Å². The molecule has 1 unspecified atom stereocenters. The summed E-state index contributed by atoms with van der Waals surface area (Å²) >= 11 is 0. The third kappa shape index (κ3) is 7.51. The van der Waals surface area contributed by atoms with Crippen molar-refractivity contribution in [3.05, 3.63) is 0 Å². The van der Waals surface area contributed by atoms with Crippen molar-refractivity contribution in [2.24, 2.45) is 0 Å². The Morgan fingerprint density at radius 3 is 2.18 bits per heavy atom. The summed E-state index contributed by atoms with van der Waals surface area (Å²) in [6, 6.07) is 1.99. The first-order valence-corrected chi connectivity index (χ1v) is 7.94. The van der Waals surface area contributed by atoms with Crippen molar-refractivity contribution in [2.45, 2.75) is 33.5 Å². The lowest BCUT2D eigenvalue weighted by molar-refractivity contribution is -0.122. The molecule has 0 rings (SSSR count). The highest BCUT2D eigenvalue weighted by Gasteiger charge is 2.27. The Morgan fingerprint density at radius 2 is 1.76 bits per heavy atom. The van der Waals surface area contributed by atoms with Crippen LogP contribution in [0.25, 0.3) is 0 Å². The molecule has 0 aliphatic rings. The second kappa shape index (κ2) is 9.61. The summed E-state index contributed by atoms with van der Waals surface area (Å²) in [7, 11) is -2.82. The topological polar surface area (TPSA) is 68.6 Å². The molecule has 0 amide bonds. The summed E-state index contributed by atoms with van der Waals surface area (Å²) in [6.07, 6.45) is 0.182. The molecule has 0 aromatic carbocycles. The molecule has 100 valence electrons. The van der Waals surface area contributed by atoms with Gasteiger partial charge >= 0.3 is 0 Å². The maximum atomic E-state index is 12.4. The first kappa shape index (κ1) is 16.6. The molecule has 0 aromatic heterocycles. The molecule has 0 saturated carbocycles. The van der Waals surface area contributed by atoms with E-state index < -0.39 is 13.7 Å². The summed E-state index contributed by atoms with van der Waals surface area (Å²) in [4.78, 5) is 0. The second-order valence-corrected chi connectivity index (χ2v) is 6.09. The van der Waals surface area contributed by atoms with Crippen LogP contribution in [0, 0.1) is 11.3 Å². The maximum absolute atomic E-state index is 12.4. The van der Waals surface area contributed by atoms with Crippen LogP contribution in [-0.4, -0.2) is 38.4 Å². The standard InChI is InChI=1S/C11H22NO4P/c1-4-14-11(15-5-2)10-17(13,16-6-3)9-7-8-12/h11H,4-7,9-10H2,1-3H3. The zero-order valence-electron chi connectivity index (χ0n) is 10.8. The zero-order chi connectivity index (χ0) is 13.1. The van der Waals surface area contributed by atoms with Gasteiger partial charge in [-0.05, 0) is 20.8 Å². The van der Waals surface area contributed by atoms with Gasteiger partial charge in [-0.25, -0.2) is 0 Å². The summed E-state index contributed by atoms with van der Waals surface area (Å²) in [5.41, 5.74) is 0. The number of nitriles is 1. The minimum atomic E-state index is -2.82. The van der Waals surface area contributed by atoms with Gasteiger partial charge in [0.15, 0.2) is 6.29 Å². The normalized spacial score (nSPS) is 14.5. The Kier molecular flexibility index (Phi) is 9.39. The van der Waals surface area contributed by atoms with Gasteiger partial charge in [0, 0.05) is 25.8 Å². The molecular weight excluding hydrogens is 241 g/mol. The van der Waals surface area contributed by atoms with Crippen LogP contribution in [0.2, 0.25) is 0 Å². The molecule has 1 atom stereocenters. The fourth-order valence-electron chi connectivity index (χ4n) is 1.42. The number of nitrogens with zero attached hydrogens (tertiary/aromatic N) is 1. The van der Waals surface area contributed by atoms with Crippen LogP contribution in [-0.2, 0) is 18.6 Å². The summed E-state index contributed by atoms with van der Waals surface area (Å²) in [5, 5.41) is 8.55. The summed E-state index contributed by atoms with van der Waals surface area (Å²) in [6.45, 7) is 6.85. The molecule has 5 nitrogen and oxygen atoms in total. The van der Waals surface area contributed by atoms with Crippen molar-refractivity contribution in [1.82, 2.24) is 0 Å². The van der Waals surface area contributed by atoms with Crippen LogP contribution in [0.3, 0.4) is 0 Å². The van der Waals surface area contributed by atoms with Crippen molar-refractivity contribution in [2.75, 3.05) is 32.1 Å². The largest absolute Gasteiger partial charge is 0.352 e. The number of rotatable bonds is 10. The smallest absolute Gasteiger partial charge is 0.209 e. The molecule has 0 bridgehead atoms. The quantitative estimate of drug-likeness (QED) is 0.447. The first-order chi connectivity index (χ1) is 8.11. The Hall–Kier alpha value is -0.400. The van der Waals surface area contributed by atoms with Gasteiger partial charge in [0.05, 0.1) is 18.8 Å². The third-order valence-corrected chi connectivity index (χ3v) is 4.55. The molecule has 0 aliphatic heterocycles. The highest BCUT2D eigenvalue weighted by molar-refractivity contribution is 7.59. The van der Waals surface area contributed by atoms with Crippen LogP contribution in [0.4, 0.5) is 0 Å². The highest BCUT2D eigenvalue weighted by atomic mass is 31.2. The first-order valence-electron chi connectivity index (χ1n) is 5.94. The molecule has 0 fully saturated rings. The van der Waals surface area contributed by atoms with E-state index in [1.54, 1.807) is 6.92 Å². The van der Waals surface area contributed by atoms with E-state index in [4.69, 9.17) is 19.3 Å². The van der Waals surface area contributed by atoms with Crippen molar-refractivity contribution >= 4 is 7.37 Å². The van der Waals surface area contributed by atoms with Crippen LogP contribution in [0.5, 0.6) is 0 Å². The van der Waals surface area contributed by atoms with E-state index in [1.165, 1.54) is 0 Å². The molecule has 6 heteroatoms.